The Bertz CT molecular complexity index is 1280. The number of piperazine rings is 1. The molecule has 188 valence electrons. The van der Waals surface area contributed by atoms with Crippen LogP contribution in [0.1, 0.15) is 27.2 Å². The van der Waals surface area contributed by atoms with Crippen molar-refractivity contribution >= 4 is 17.5 Å². The number of carbonyl (C=O) groups excluding carboxylic acids is 2. The summed E-state index contributed by atoms with van der Waals surface area (Å²) < 4.78 is 59.5. The van der Waals surface area contributed by atoms with E-state index in [0.29, 0.717) is 29.9 Å². The number of furan rings is 1. The first-order valence-electron chi connectivity index (χ1n) is 11.5. The average molecular weight is 501 g/mol. The van der Waals surface area contributed by atoms with Crippen molar-refractivity contribution in [2.45, 2.75) is 25.2 Å². The van der Waals surface area contributed by atoms with Gasteiger partial charge in [0.1, 0.15) is 5.82 Å². The maximum Gasteiger partial charge on any atom is 0.416 e. The van der Waals surface area contributed by atoms with Gasteiger partial charge in [0.15, 0.2) is 5.76 Å². The summed E-state index contributed by atoms with van der Waals surface area (Å²) in [6, 6.07) is 12.3. The highest BCUT2D eigenvalue weighted by Gasteiger charge is 2.43. The number of nitrogens with one attached hydrogen (secondary N) is 1. The molecular weight excluding hydrogens is 478 g/mol. The molecule has 1 aromatic heterocycles. The maximum absolute atomic E-state index is 14.1. The van der Waals surface area contributed by atoms with Crippen molar-refractivity contribution in [3.05, 3.63) is 89.1 Å². The van der Waals surface area contributed by atoms with E-state index in [1.807, 2.05) is 4.90 Å². The predicted octanol–water partition coefficient (Wildman–Crippen LogP) is 4.26. The number of carbonyl (C=O) groups is 2. The molecule has 3 aromatic rings. The van der Waals surface area contributed by atoms with Crippen LogP contribution in [0.3, 0.4) is 0 Å². The minimum absolute atomic E-state index is 0.0563. The van der Waals surface area contributed by atoms with Crippen molar-refractivity contribution in [3.63, 3.8) is 0 Å². The molecule has 0 spiro atoms. The number of benzene rings is 2. The first kappa shape index (κ1) is 23.9. The minimum atomic E-state index is -4.51. The minimum Gasteiger partial charge on any atom is -0.459 e. The number of hydrogen-bond donors (Lipinski definition) is 1. The number of hydrogen-bond acceptors (Lipinski definition) is 4. The van der Waals surface area contributed by atoms with Crippen molar-refractivity contribution in [2.24, 2.45) is 5.92 Å². The highest BCUT2D eigenvalue weighted by Crippen LogP contribution is 2.40. The Hall–Kier alpha value is -3.82. The smallest absolute Gasteiger partial charge is 0.416 e. The molecule has 2 aliphatic heterocycles. The summed E-state index contributed by atoms with van der Waals surface area (Å²) in [4.78, 5) is 29.7. The van der Waals surface area contributed by atoms with Crippen LogP contribution in [0.25, 0.3) is 0 Å². The molecule has 1 N–H and O–H groups in total. The van der Waals surface area contributed by atoms with Gasteiger partial charge in [0.05, 0.1) is 23.8 Å². The molecule has 5 rings (SSSR count). The Labute approximate surface area is 204 Å². The Kier molecular flexibility index (Phi) is 6.19. The molecule has 6 nitrogen and oxygen atoms in total. The summed E-state index contributed by atoms with van der Waals surface area (Å²) in [5, 5.41) is 2.74. The molecule has 0 saturated carbocycles. The van der Waals surface area contributed by atoms with Gasteiger partial charge in [-0.3, -0.25) is 9.59 Å². The first-order chi connectivity index (χ1) is 17.2. The highest BCUT2D eigenvalue weighted by atomic mass is 19.4. The second kappa shape index (κ2) is 9.33. The fourth-order valence-electron chi connectivity index (χ4n) is 5.00. The molecule has 0 aliphatic carbocycles. The van der Waals surface area contributed by atoms with E-state index in [1.54, 1.807) is 35.2 Å². The Morgan fingerprint density at radius 2 is 1.86 bits per heavy atom. The molecular formula is C26H23F4N3O3. The van der Waals surface area contributed by atoms with Crippen LogP contribution in [-0.4, -0.2) is 42.4 Å². The zero-order valence-electron chi connectivity index (χ0n) is 19.1. The number of fused-ring (bicyclic) bond motifs is 3. The van der Waals surface area contributed by atoms with Gasteiger partial charge in [0.2, 0.25) is 5.91 Å². The van der Waals surface area contributed by atoms with Crippen molar-refractivity contribution in [1.29, 1.82) is 0 Å². The van der Waals surface area contributed by atoms with E-state index < -0.39 is 35.4 Å². The molecule has 2 atom stereocenters. The monoisotopic (exact) mass is 501 g/mol. The number of amides is 2. The number of rotatable bonds is 4. The van der Waals surface area contributed by atoms with E-state index >= 15 is 0 Å². The second-order valence-electron chi connectivity index (χ2n) is 8.95. The summed E-state index contributed by atoms with van der Waals surface area (Å²) in [5.74, 6) is -1.77. The van der Waals surface area contributed by atoms with E-state index in [0.717, 1.165) is 12.1 Å². The SMILES string of the molecule is O=C(NCc1ccccc1F)C1Cc2cc(C(F)(F)F)ccc2N2CCN(C(=O)c3ccco3)CC12. The number of alkyl halides is 3. The van der Waals surface area contributed by atoms with E-state index in [-0.39, 0.29) is 31.2 Å². The van der Waals surface area contributed by atoms with Crippen LogP contribution in [-0.2, 0) is 23.9 Å². The van der Waals surface area contributed by atoms with E-state index in [4.69, 9.17) is 4.42 Å². The first-order valence-corrected chi connectivity index (χ1v) is 11.5. The lowest BCUT2D eigenvalue weighted by molar-refractivity contribution is -0.137. The van der Waals surface area contributed by atoms with Crippen LogP contribution in [0.4, 0.5) is 23.2 Å². The second-order valence-corrected chi connectivity index (χ2v) is 8.95. The van der Waals surface area contributed by atoms with Gasteiger partial charge in [-0.05, 0) is 48.4 Å². The van der Waals surface area contributed by atoms with Crippen LogP contribution in [0.5, 0.6) is 0 Å². The zero-order chi connectivity index (χ0) is 25.4. The number of halogens is 4. The van der Waals surface area contributed by atoms with Crippen molar-refractivity contribution in [2.75, 3.05) is 24.5 Å². The fraction of sp³-hybridized carbons (Fsp3) is 0.308. The summed E-state index contributed by atoms with van der Waals surface area (Å²) in [7, 11) is 0. The van der Waals surface area contributed by atoms with E-state index in [9.17, 15) is 27.2 Å². The highest BCUT2D eigenvalue weighted by molar-refractivity contribution is 5.92. The lowest BCUT2D eigenvalue weighted by Crippen LogP contribution is -2.62. The molecule has 1 fully saturated rings. The van der Waals surface area contributed by atoms with E-state index in [1.165, 1.54) is 18.4 Å². The van der Waals surface area contributed by atoms with Crippen molar-refractivity contribution in [3.8, 4) is 0 Å². The van der Waals surface area contributed by atoms with Crippen molar-refractivity contribution < 1.29 is 31.6 Å². The summed E-state index contributed by atoms with van der Waals surface area (Å²) in [6.07, 6.45) is -3.05. The van der Waals surface area contributed by atoms with Gasteiger partial charge in [-0.1, -0.05) is 18.2 Å². The van der Waals surface area contributed by atoms with Gasteiger partial charge >= 0.3 is 6.18 Å². The van der Waals surface area contributed by atoms with Crippen LogP contribution in [0.2, 0.25) is 0 Å². The van der Waals surface area contributed by atoms with Gasteiger partial charge in [0, 0.05) is 37.4 Å². The predicted molar refractivity (Wildman–Crippen MR) is 123 cm³/mol. The standard InChI is InChI=1S/C26H23F4N3O3/c27-20-5-2-1-4-16(20)14-31-24(34)19-13-17-12-18(26(28,29)30)7-8-21(17)33-10-9-32(15-22(19)33)25(35)23-6-3-11-36-23/h1-8,11-12,19,22H,9-10,13-15H2,(H,31,34). The largest absolute Gasteiger partial charge is 0.459 e. The third-order valence-electron chi connectivity index (χ3n) is 6.81. The molecule has 10 heteroatoms. The molecule has 0 bridgehead atoms. The maximum atomic E-state index is 14.1. The summed E-state index contributed by atoms with van der Waals surface area (Å²) >= 11 is 0. The Morgan fingerprint density at radius 3 is 2.58 bits per heavy atom. The number of nitrogens with zero attached hydrogens (tertiary/aromatic N) is 2. The van der Waals surface area contributed by atoms with Crippen LogP contribution >= 0.6 is 0 Å². The van der Waals surface area contributed by atoms with Crippen LogP contribution in [0, 0.1) is 11.7 Å². The molecule has 2 amide bonds. The van der Waals surface area contributed by atoms with Gasteiger partial charge in [-0.25, -0.2) is 4.39 Å². The topological polar surface area (TPSA) is 65.8 Å². The third-order valence-corrected chi connectivity index (χ3v) is 6.81. The summed E-state index contributed by atoms with van der Waals surface area (Å²) in [5.41, 5.74) is 0.558. The molecule has 1 saturated heterocycles. The average Bonchev–Trinajstić information content (AvgIpc) is 3.41. The lowest BCUT2D eigenvalue weighted by atomic mass is 9.82. The molecule has 36 heavy (non-hydrogen) atoms. The molecule has 3 heterocycles. The van der Waals surface area contributed by atoms with E-state index in [2.05, 4.69) is 5.32 Å². The van der Waals surface area contributed by atoms with Gasteiger partial charge in [-0.15, -0.1) is 0 Å². The molecule has 2 aliphatic rings. The lowest BCUT2D eigenvalue weighted by Gasteiger charge is -2.49. The van der Waals surface area contributed by atoms with Crippen LogP contribution in [0.15, 0.2) is 65.3 Å². The Balaban J connectivity index is 1.43. The van der Waals surface area contributed by atoms with Gasteiger partial charge in [-0.2, -0.15) is 13.2 Å². The van der Waals surface area contributed by atoms with Crippen molar-refractivity contribution in [1.82, 2.24) is 10.2 Å². The number of anilines is 1. The van der Waals surface area contributed by atoms with Gasteiger partial charge in [0.25, 0.3) is 5.91 Å². The Morgan fingerprint density at radius 1 is 1.06 bits per heavy atom. The summed E-state index contributed by atoms with van der Waals surface area (Å²) in [6.45, 7) is 0.795. The third kappa shape index (κ3) is 4.55. The molecule has 2 aromatic carbocycles. The quantitative estimate of drug-likeness (QED) is 0.543. The molecule has 2 unspecified atom stereocenters. The molecule has 0 radical (unpaired) electrons. The van der Waals surface area contributed by atoms with Crippen LogP contribution < -0.4 is 10.2 Å². The fourth-order valence-corrected chi connectivity index (χ4v) is 5.00. The normalized spacial score (nSPS) is 19.4. The van der Waals surface area contributed by atoms with Gasteiger partial charge < -0.3 is 19.5 Å². The zero-order valence-corrected chi connectivity index (χ0v) is 19.1.